The zero-order chi connectivity index (χ0) is 20.0. The molecule has 0 aromatic heterocycles. The Kier molecular flexibility index (Phi) is 4.80. The minimum absolute atomic E-state index is 0.240. The van der Waals surface area contributed by atoms with Crippen molar-refractivity contribution < 1.29 is 9.53 Å². The Balaban J connectivity index is 1.27. The van der Waals surface area contributed by atoms with E-state index in [1.54, 1.807) is 7.11 Å². The van der Waals surface area contributed by atoms with Crippen LogP contribution in [-0.2, 0) is 11.2 Å². The third-order valence-electron chi connectivity index (χ3n) is 6.97. The highest BCUT2D eigenvalue weighted by molar-refractivity contribution is 5.96. The first kappa shape index (κ1) is 18.6. The average Bonchev–Trinajstić information content (AvgIpc) is 3.40. The molecule has 5 heteroatoms. The first-order valence-corrected chi connectivity index (χ1v) is 10.6. The van der Waals surface area contributed by atoms with Gasteiger partial charge in [0.05, 0.1) is 13.7 Å². The molecule has 3 aliphatic heterocycles. The predicted molar refractivity (Wildman–Crippen MR) is 114 cm³/mol. The molecule has 0 N–H and O–H groups in total. The van der Waals surface area contributed by atoms with Gasteiger partial charge < -0.3 is 9.64 Å². The summed E-state index contributed by atoms with van der Waals surface area (Å²) in [7, 11) is 3.93. The highest BCUT2D eigenvalue weighted by atomic mass is 16.5. The molecule has 2 aromatic rings. The van der Waals surface area contributed by atoms with Gasteiger partial charge >= 0.3 is 0 Å². The standard InChI is InChI=1S/C24H29N3O2/c1-25-13-19-14-26(15-21(19)24(25)18-7-9-20(29-2)10-8-18)16-23(28)27-12-11-17-5-3-4-6-22(17)27/h3-10,19,21,24H,11-16H2,1-2H3/t19-,21+,24+/m0/s1. The van der Waals surface area contributed by atoms with Crippen molar-refractivity contribution in [3.8, 4) is 5.75 Å². The molecule has 0 bridgehead atoms. The quantitative estimate of drug-likeness (QED) is 0.803. The highest BCUT2D eigenvalue weighted by Gasteiger charge is 2.46. The molecule has 5 rings (SSSR count). The number of rotatable bonds is 4. The van der Waals surface area contributed by atoms with Crippen molar-refractivity contribution in [3.05, 3.63) is 59.7 Å². The van der Waals surface area contributed by atoms with Gasteiger partial charge in [-0.15, -0.1) is 0 Å². The van der Waals surface area contributed by atoms with Gasteiger partial charge in [-0.3, -0.25) is 14.6 Å². The van der Waals surface area contributed by atoms with Crippen molar-refractivity contribution in [2.75, 3.05) is 51.8 Å². The van der Waals surface area contributed by atoms with Gasteiger partial charge in [0.15, 0.2) is 0 Å². The zero-order valence-corrected chi connectivity index (χ0v) is 17.3. The molecule has 5 nitrogen and oxygen atoms in total. The zero-order valence-electron chi connectivity index (χ0n) is 17.3. The van der Waals surface area contributed by atoms with Crippen LogP contribution in [-0.4, -0.2) is 62.6 Å². The van der Waals surface area contributed by atoms with Crippen LogP contribution in [0.5, 0.6) is 5.75 Å². The van der Waals surface area contributed by atoms with E-state index >= 15 is 0 Å². The van der Waals surface area contributed by atoms with Crippen LogP contribution in [0.25, 0.3) is 0 Å². The lowest BCUT2D eigenvalue weighted by atomic mass is 9.89. The number of ether oxygens (including phenoxy) is 1. The van der Waals surface area contributed by atoms with E-state index in [1.165, 1.54) is 11.1 Å². The molecular weight excluding hydrogens is 362 g/mol. The number of para-hydroxylation sites is 1. The largest absolute Gasteiger partial charge is 0.497 e. The van der Waals surface area contributed by atoms with E-state index in [0.717, 1.165) is 44.0 Å². The number of benzene rings is 2. The Morgan fingerprint density at radius 3 is 2.66 bits per heavy atom. The number of likely N-dealkylation sites (tertiary alicyclic amines) is 2. The molecule has 3 atom stereocenters. The Hall–Kier alpha value is -2.37. The van der Waals surface area contributed by atoms with Crippen LogP contribution in [0.15, 0.2) is 48.5 Å². The average molecular weight is 392 g/mol. The summed E-state index contributed by atoms with van der Waals surface area (Å²) in [4.78, 5) is 19.9. The van der Waals surface area contributed by atoms with Crippen LogP contribution in [0.2, 0.25) is 0 Å². The Bertz CT molecular complexity index is 897. The summed E-state index contributed by atoms with van der Waals surface area (Å²) < 4.78 is 5.32. The number of carbonyl (C=O) groups is 1. The smallest absolute Gasteiger partial charge is 0.241 e. The molecule has 3 aliphatic rings. The van der Waals surface area contributed by atoms with Crippen LogP contribution in [0.1, 0.15) is 17.2 Å². The molecule has 0 saturated carbocycles. The highest BCUT2D eigenvalue weighted by Crippen LogP contribution is 2.44. The Morgan fingerprint density at radius 1 is 1.07 bits per heavy atom. The summed E-state index contributed by atoms with van der Waals surface area (Å²) in [5.74, 6) is 2.34. The van der Waals surface area contributed by atoms with Crippen LogP contribution in [0.4, 0.5) is 5.69 Å². The summed E-state index contributed by atoms with van der Waals surface area (Å²) >= 11 is 0. The van der Waals surface area contributed by atoms with Crippen molar-refractivity contribution in [1.29, 1.82) is 0 Å². The lowest BCUT2D eigenvalue weighted by molar-refractivity contribution is -0.119. The number of nitrogens with zero attached hydrogens (tertiary/aromatic N) is 3. The molecule has 2 aromatic carbocycles. The third kappa shape index (κ3) is 3.32. The van der Waals surface area contributed by atoms with Gasteiger partial charge in [0.2, 0.25) is 5.91 Å². The van der Waals surface area contributed by atoms with Gasteiger partial charge in [-0.2, -0.15) is 0 Å². The second-order valence-electron chi connectivity index (χ2n) is 8.70. The molecule has 3 heterocycles. The maximum atomic E-state index is 13.0. The number of hydrogen-bond acceptors (Lipinski definition) is 4. The van der Waals surface area contributed by atoms with E-state index in [0.29, 0.717) is 24.4 Å². The summed E-state index contributed by atoms with van der Waals surface area (Å²) in [6, 6.07) is 17.2. The van der Waals surface area contributed by atoms with Crippen LogP contribution < -0.4 is 9.64 Å². The topological polar surface area (TPSA) is 36.0 Å². The number of hydrogen-bond donors (Lipinski definition) is 0. The number of methoxy groups -OCH3 is 1. The van der Waals surface area contributed by atoms with Crippen LogP contribution >= 0.6 is 0 Å². The monoisotopic (exact) mass is 391 g/mol. The minimum atomic E-state index is 0.240. The summed E-state index contributed by atoms with van der Waals surface area (Å²) in [5, 5.41) is 0. The maximum absolute atomic E-state index is 13.0. The van der Waals surface area contributed by atoms with E-state index in [1.807, 2.05) is 11.0 Å². The predicted octanol–water partition coefficient (Wildman–Crippen LogP) is 2.82. The van der Waals surface area contributed by atoms with E-state index in [4.69, 9.17) is 4.74 Å². The molecule has 0 unspecified atom stereocenters. The Morgan fingerprint density at radius 2 is 1.86 bits per heavy atom. The fourth-order valence-corrected chi connectivity index (χ4v) is 5.66. The van der Waals surface area contributed by atoms with Crippen molar-refractivity contribution in [3.63, 3.8) is 0 Å². The second kappa shape index (κ2) is 7.47. The fraction of sp³-hybridized carbons (Fsp3) is 0.458. The van der Waals surface area contributed by atoms with Crippen molar-refractivity contribution in [1.82, 2.24) is 9.80 Å². The number of fused-ring (bicyclic) bond motifs is 2. The number of amides is 1. The Labute approximate surface area is 172 Å². The van der Waals surface area contributed by atoms with Crippen LogP contribution in [0, 0.1) is 11.8 Å². The third-order valence-corrected chi connectivity index (χ3v) is 6.97. The molecule has 152 valence electrons. The normalized spacial score (nSPS) is 26.6. The van der Waals surface area contributed by atoms with Gasteiger partial charge in [-0.1, -0.05) is 30.3 Å². The van der Waals surface area contributed by atoms with Crippen molar-refractivity contribution in [2.45, 2.75) is 12.5 Å². The molecule has 2 fully saturated rings. The summed E-state index contributed by atoms with van der Waals surface area (Å²) in [6.45, 7) is 4.45. The summed E-state index contributed by atoms with van der Waals surface area (Å²) in [6.07, 6.45) is 0.970. The molecule has 1 amide bonds. The van der Waals surface area contributed by atoms with E-state index in [2.05, 4.69) is 59.3 Å². The van der Waals surface area contributed by atoms with Gasteiger partial charge in [0, 0.05) is 37.9 Å². The van der Waals surface area contributed by atoms with E-state index in [-0.39, 0.29) is 5.91 Å². The first-order valence-electron chi connectivity index (χ1n) is 10.6. The van der Waals surface area contributed by atoms with E-state index < -0.39 is 0 Å². The minimum Gasteiger partial charge on any atom is -0.497 e. The lowest BCUT2D eigenvalue weighted by Gasteiger charge is -2.27. The summed E-state index contributed by atoms with van der Waals surface area (Å²) in [5.41, 5.74) is 3.75. The van der Waals surface area contributed by atoms with E-state index in [9.17, 15) is 4.79 Å². The van der Waals surface area contributed by atoms with Gasteiger partial charge in [0.25, 0.3) is 0 Å². The molecule has 2 saturated heterocycles. The maximum Gasteiger partial charge on any atom is 0.241 e. The number of carbonyl (C=O) groups excluding carboxylic acids is 1. The molecule has 29 heavy (non-hydrogen) atoms. The fourth-order valence-electron chi connectivity index (χ4n) is 5.66. The number of anilines is 1. The van der Waals surface area contributed by atoms with Crippen molar-refractivity contribution in [2.24, 2.45) is 11.8 Å². The van der Waals surface area contributed by atoms with Crippen LogP contribution in [0.3, 0.4) is 0 Å². The molecule has 0 spiro atoms. The molecule has 0 aliphatic carbocycles. The van der Waals surface area contributed by atoms with Crippen molar-refractivity contribution >= 4 is 11.6 Å². The first-order chi connectivity index (χ1) is 14.1. The van der Waals surface area contributed by atoms with Gasteiger partial charge in [0.1, 0.15) is 5.75 Å². The second-order valence-corrected chi connectivity index (χ2v) is 8.70. The lowest BCUT2D eigenvalue weighted by Crippen LogP contribution is -2.40. The molecule has 0 radical (unpaired) electrons. The SMILES string of the molecule is COc1ccc([C@@H]2[C@@H]3CN(CC(=O)N4CCc5ccccc54)C[C@@H]3CN2C)cc1. The molecular formula is C24H29N3O2. The van der Waals surface area contributed by atoms with Gasteiger partial charge in [-0.25, -0.2) is 0 Å². The van der Waals surface area contributed by atoms with Gasteiger partial charge in [-0.05, 0) is 54.6 Å².